The van der Waals surface area contributed by atoms with Gasteiger partial charge in [-0.25, -0.2) is 0 Å². The highest BCUT2D eigenvalue weighted by Gasteiger charge is 2.15. The van der Waals surface area contributed by atoms with Crippen molar-refractivity contribution in [3.8, 4) is 5.75 Å². The molecular weight excluding hydrogens is 292 g/mol. The van der Waals surface area contributed by atoms with Gasteiger partial charge in [-0.3, -0.25) is 10.1 Å². The average Bonchev–Trinajstić information content (AvgIpc) is 2.51. The number of ether oxygens (including phenoxy) is 1. The molecule has 0 amide bonds. The first-order valence-electron chi connectivity index (χ1n) is 7.54. The third-order valence-corrected chi connectivity index (χ3v) is 3.30. The van der Waals surface area contributed by atoms with E-state index < -0.39 is 0 Å². The quantitative estimate of drug-likeness (QED) is 0.645. The van der Waals surface area contributed by atoms with Gasteiger partial charge in [-0.15, -0.1) is 0 Å². The molecule has 0 aliphatic carbocycles. The lowest BCUT2D eigenvalue weighted by Crippen LogP contribution is -2.35. The van der Waals surface area contributed by atoms with Gasteiger partial charge in [0.1, 0.15) is 12.4 Å². The predicted molar refractivity (Wildman–Crippen MR) is 90.5 cm³/mol. The zero-order valence-electron chi connectivity index (χ0n) is 13.7. The fraction of sp³-hybridized carbons (Fsp3) is 0.333. The lowest BCUT2D eigenvalue weighted by atomic mass is 10.1. The molecule has 0 saturated carbocycles. The van der Waals surface area contributed by atoms with Crippen molar-refractivity contribution >= 4 is 5.69 Å². The Kier molecular flexibility index (Phi) is 5.34. The van der Waals surface area contributed by atoms with Crippen molar-refractivity contribution in [2.24, 2.45) is 0 Å². The first-order chi connectivity index (χ1) is 10.8. The van der Waals surface area contributed by atoms with Gasteiger partial charge in [0.05, 0.1) is 4.92 Å². The number of nitro benzene ring substituents is 1. The Hall–Kier alpha value is -2.40. The molecule has 0 aliphatic heterocycles. The van der Waals surface area contributed by atoms with Crippen molar-refractivity contribution < 1.29 is 9.66 Å². The standard InChI is InChI=1S/C18H22N2O3/c1-18(2,3)19-12-15-11-16(20(21)22)9-10-17(15)23-13-14-7-5-4-6-8-14/h4-11,19H,12-13H2,1-3H3. The molecule has 0 spiro atoms. The monoisotopic (exact) mass is 314 g/mol. The summed E-state index contributed by atoms with van der Waals surface area (Å²) in [5.41, 5.74) is 1.83. The van der Waals surface area contributed by atoms with E-state index in [0.29, 0.717) is 18.9 Å². The van der Waals surface area contributed by atoms with E-state index in [1.807, 2.05) is 30.3 Å². The molecule has 0 radical (unpaired) electrons. The number of nitrogens with one attached hydrogen (secondary N) is 1. The molecule has 0 aromatic heterocycles. The maximum atomic E-state index is 11.0. The van der Waals surface area contributed by atoms with Crippen molar-refractivity contribution in [1.29, 1.82) is 0 Å². The minimum absolute atomic E-state index is 0.0720. The number of nitro groups is 1. The minimum Gasteiger partial charge on any atom is -0.489 e. The number of nitrogens with zero attached hydrogens (tertiary/aromatic N) is 1. The maximum Gasteiger partial charge on any atom is 0.270 e. The van der Waals surface area contributed by atoms with Gasteiger partial charge < -0.3 is 10.1 Å². The fourth-order valence-corrected chi connectivity index (χ4v) is 2.05. The van der Waals surface area contributed by atoms with Crippen molar-refractivity contribution in [2.45, 2.75) is 39.5 Å². The van der Waals surface area contributed by atoms with E-state index in [0.717, 1.165) is 11.1 Å². The van der Waals surface area contributed by atoms with Gasteiger partial charge in [-0.2, -0.15) is 0 Å². The molecular formula is C18H22N2O3. The molecule has 5 nitrogen and oxygen atoms in total. The van der Waals surface area contributed by atoms with Crippen LogP contribution in [0, 0.1) is 10.1 Å². The largest absolute Gasteiger partial charge is 0.489 e. The van der Waals surface area contributed by atoms with Crippen LogP contribution in [0.3, 0.4) is 0 Å². The molecule has 0 atom stereocenters. The molecule has 5 heteroatoms. The number of rotatable bonds is 6. The normalized spacial score (nSPS) is 11.3. The second kappa shape index (κ2) is 7.24. The van der Waals surface area contributed by atoms with Crippen LogP contribution in [-0.4, -0.2) is 10.5 Å². The topological polar surface area (TPSA) is 64.4 Å². The smallest absolute Gasteiger partial charge is 0.270 e. The molecule has 2 aromatic rings. The zero-order chi connectivity index (χ0) is 16.9. The molecule has 1 N–H and O–H groups in total. The van der Waals surface area contributed by atoms with Crippen LogP contribution in [0.25, 0.3) is 0 Å². The summed E-state index contributed by atoms with van der Waals surface area (Å²) in [7, 11) is 0. The summed E-state index contributed by atoms with van der Waals surface area (Å²) in [6, 6.07) is 14.5. The van der Waals surface area contributed by atoms with Crippen LogP contribution in [0.5, 0.6) is 5.75 Å². The van der Waals surface area contributed by atoms with Crippen LogP contribution in [0.2, 0.25) is 0 Å². The van der Waals surface area contributed by atoms with Crippen LogP contribution in [-0.2, 0) is 13.2 Å². The number of hydrogen-bond acceptors (Lipinski definition) is 4. The Bertz CT molecular complexity index is 664. The van der Waals surface area contributed by atoms with E-state index in [2.05, 4.69) is 26.1 Å². The lowest BCUT2D eigenvalue weighted by molar-refractivity contribution is -0.384. The SMILES string of the molecule is CC(C)(C)NCc1cc([N+](=O)[O-])ccc1OCc1ccccc1. The Labute approximate surface area is 136 Å². The molecule has 0 fully saturated rings. The van der Waals surface area contributed by atoms with Gasteiger partial charge in [-0.1, -0.05) is 30.3 Å². The highest BCUT2D eigenvalue weighted by atomic mass is 16.6. The second-order valence-corrected chi connectivity index (χ2v) is 6.43. The van der Waals surface area contributed by atoms with Crippen LogP contribution < -0.4 is 10.1 Å². The summed E-state index contributed by atoms with van der Waals surface area (Å²) in [6.45, 7) is 7.09. The molecule has 2 rings (SSSR count). The number of hydrogen-bond donors (Lipinski definition) is 1. The summed E-state index contributed by atoms with van der Waals surface area (Å²) in [6.07, 6.45) is 0. The Morgan fingerprint density at radius 2 is 1.83 bits per heavy atom. The lowest BCUT2D eigenvalue weighted by Gasteiger charge is -2.21. The van der Waals surface area contributed by atoms with Crippen molar-refractivity contribution in [3.05, 3.63) is 69.8 Å². The Morgan fingerprint density at radius 3 is 2.43 bits per heavy atom. The minimum atomic E-state index is -0.387. The van der Waals surface area contributed by atoms with E-state index in [9.17, 15) is 10.1 Å². The highest BCUT2D eigenvalue weighted by Crippen LogP contribution is 2.25. The molecule has 0 saturated heterocycles. The first-order valence-corrected chi connectivity index (χ1v) is 7.54. The van der Waals surface area contributed by atoms with Gasteiger partial charge >= 0.3 is 0 Å². The predicted octanol–water partition coefficient (Wildman–Crippen LogP) is 4.06. The van der Waals surface area contributed by atoms with E-state index in [4.69, 9.17) is 4.74 Å². The van der Waals surface area contributed by atoms with Crippen LogP contribution in [0.4, 0.5) is 5.69 Å². The van der Waals surface area contributed by atoms with Gasteiger partial charge in [-0.05, 0) is 32.4 Å². The van der Waals surface area contributed by atoms with E-state index in [1.165, 1.54) is 6.07 Å². The summed E-state index contributed by atoms with van der Waals surface area (Å²) < 4.78 is 5.86. The first kappa shape index (κ1) is 17.0. The number of benzene rings is 2. The summed E-state index contributed by atoms with van der Waals surface area (Å²) in [5, 5.41) is 14.3. The van der Waals surface area contributed by atoms with Crippen LogP contribution >= 0.6 is 0 Å². The third kappa shape index (κ3) is 5.38. The molecule has 0 bridgehead atoms. The summed E-state index contributed by atoms with van der Waals surface area (Å²) in [5.74, 6) is 0.663. The third-order valence-electron chi connectivity index (χ3n) is 3.30. The van der Waals surface area contributed by atoms with E-state index in [1.54, 1.807) is 12.1 Å². The van der Waals surface area contributed by atoms with Gasteiger partial charge in [0.25, 0.3) is 5.69 Å². The van der Waals surface area contributed by atoms with Crippen LogP contribution in [0.1, 0.15) is 31.9 Å². The maximum absolute atomic E-state index is 11.0. The molecule has 23 heavy (non-hydrogen) atoms. The summed E-state index contributed by atoms with van der Waals surface area (Å²) >= 11 is 0. The Balaban J connectivity index is 2.17. The molecule has 2 aromatic carbocycles. The summed E-state index contributed by atoms with van der Waals surface area (Å²) in [4.78, 5) is 10.6. The van der Waals surface area contributed by atoms with Gasteiger partial charge in [0.15, 0.2) is 0 Å². The van der Waals surface area contributed by atoms with Crippen molar-refractivity contribution in [2.75, 3.05) is 0 Å². The average molecular weight is 314 g/mol. The van der Waals surface area contributed by atoms with E-state index in [-0.39, 0.29) is 16.1 Å². The molecule has 0 unspecified atom stereocenters. The van der Waals surface area contributed by atoms with Crippen molar-refractivity contribution in [3.63, 3.8) is 0 Å². The van der Waals surface area contributed by atoms with Gasteiger partial charge in [0.2, 0.25) is 0 Å². The van der Waals surface area contributed by atoms with Crippen molar-refractivity contribution in [1.82, 2.24) is 5.32 Å². The highest BCUT2D eigenvalue weighted by molar-refractivity contribution is 5.44. The fourth-order valence-electron chi connectivity index (χ4n) is 2.05. The van der Waals surface area contributed by atoms with Crippen LogP contribution in [0.15, 0.2) is 48.5 Å². The van der Waals surface area contributed by atoms with E-state index >= 15 is 0 Å². The van der Waals surface area contributed by atoms with Gasteiger partial charge in [0, 0.05) is 29.8 Å². The Morgan fingerprint density at radius 1 is 1.13 bits per heavy atom. The second-order valence-electron chi connectivity index (χ2n) is 6.43. The molecule has 0 heterocycles. The zero-order valence-corrected chi connectivity index (χ0v) is 13.7. The molecule has 0 aliphatic rings. The molecule has 122 valence electrons. The number of non-ortho nitro benzene ring substituents is 1.